The maximum atomic E-state index is 13.4. The van der Waals surface area contributed by atoms with Crippen LogP contribution in [0.5, 0.6) is 5.75 Å². The lowest BCUT2D eigenvalue weighted by atomic mass is 9.94. The molecule has 20 heavy (non-hydrogen) atoms. The fourth-order valence-electron chi connectivity index (χ4n) is 2.55. The van der Waals surface area contributed by atoms with Gasteiger partial charge < -0.3 is 9.84 Å². The molecular weight excluding hydrogens is 255 g/mol. The third-order valence-electron chi connectivity index (χ3n) is 3.54. The van der Waals surface area contributed by atoms with Crippen molar-refractivity contribution >= 4 is 0 Å². The van der Waals surface area contributed by atoms with Crippen molar-refractivity contribution in [3.63, 3.8) is 0 Å². The molecular formula is C17H19FO2. The summed E-state index contributed by atoms with van der Waals surface area (Å²) in [6, 6.07) is 8.21. The molecule has 3 heteroatoms. The van der Waals surface area contributed by atoms with Gasteiger partial charge in [-0.2, -0.15) is 0 Å². The Morgan fingerprint density at radius 3 is 2.15 bits per heavy atom. The van der Waals surface area contributed by atoms with Crippen LogP contribution < -0.4 is 4.74 Å². The molecule has 1 atom stereocenters. The monoisotopic (exact) mass is 274 g/mol. The average molecular weight is 274 g/mol. The van der Waals surface area contributed by atoms with Gasteiger partial charge in [-0.05, 0) is 72.9 Å². The van der Waals surface area contributed by atoms with Crippen molar-refractivity contribution < 1.29 is 14.2 Å². The predicted molar refractivity (Wildman–Crippen MR) is 77.7 cm³/mol. The summed E-state index contributed by atoms with van der Waals surface area (Å²) >= 11 is 0. The fourth-order valence-corrected chi connectivity index (χ4v) is 2.55. The topological polar surface area (TPSA) is 29.5 Å². The first-order chi connectivity index (χ1) is 9.43. The summed E-state index contributed by atoms with van der Waals surface area (Å²) in [4.78, 5) is 0. The van der Waals surface area contributed by atoms with Gasteiger partial charge in [0.2, 0.25) is 0 Å². The Morgan fingerprint density at radius 2 is 1.60 bits per heavy atom. The molecule has 2 rings (SSSR count). The van der Waals surface area contributed by atoms with Gasteiger partial charge in [0.15, 0.2) is 0 Å². The van der Waals surface area contributed by atoms with Crippen molar-refractivity contribution in [3.8, 4) is 5.75 Å². The van der Waals surface area contributed by atoms with Crippen molar-refractivity contribution in [3.05, 3.63) is 64.0 Å². The van der Waals surface area contributed by atoms with Gasteiger partial charge in [-0.25, -0.2) is 4.39 Å². The van der Waals surface area contributed by atoms with E-state index in [2.05, 4.69) is 0 Å². The van der Waals surface area contributed by atoms with Gasteiger partial charge in [0.05, 0.1) is 7.11 Å². The SMILES string of the molecule is COc1c(C)cc(C(O)c2cc(F)ccc2C)cc1C. The number of ether oxygens (including phenoxy) is 1. The van der Waals surface area contributed by atoms with E-state index in [-0.39, 0.29) is 5.82 Å². The number of aryl methyl sites for hydroxylation is 3. The summed E-state index contributed by atoms with van der Waals surface area (Å²) in [7, 11) is 1.63. The number of methoxy groups -OCH3 is 1. The summed E-state index contributed by atoms with van der Waals surface area (Å²) < 4.78 is 18.7. The second kappa shape index (κ2) is 5.63. The largest absolute Gasteiger partial charge is 0.496 e. The second-order valence-corrected chi connectivity index (χ2v) is 5.09. The number of hydrogen-bond acceptors (Lipinski definition) is 2. The Hall–Kier alpha value is -1.87. The van der Waals surface area contributed by atoms with E-state index in [0.717, 1.165) is 28.0 Å². The van der Waals surface area contributed by atoms with Gasteiger partial charge >= 0.3 is 0 Å². The average Bonchev–Trinajstić information content (AvgIpc) is 2.40. The van der Waals surface area contributed by atoms with Crippen LogP contribution in [0.25, 0.3) is 0 Å². The maximum absolute atomic E-state index is 13.4. The highest BCUT2D eigenvalue weighted by Crippen LogP contribution is 2.31. The van der Waals surface area contributed by atoms with Crippen LogP contribution in [-0.4, -0.2) is 12.2 Å². The number of hydrogen-bond donors (Lipinski definition) is 1. The van der Waals surface area contributed by atoms with Gasteiger partial charge in [0.1, 0.15) is 17.7 Å². The highest BCUT2D eigenvalue weighted by molar-refractivity contribution is 5.46. The zero-order valence-corrected chi connectivity index (χ0v) is 12.2. The number of rotatable bonds is 3. The second-order valence-electron chi connectivity index (χ2n) is 5.09. The highest BCUT2D eigenvalue weighted by Gasteiger charge is 2.16. The lowest BCUT2D eigenvalue weighted by Gasteiger charge is -2.17. The number of halogens is 1. The number of aliphatic hydroxyl groups is 1. The molecule has 0 aliphatic heterocycles. The first-order valence-electron chi connectivity index (χ1n) is 6.53. The van der Waals surface area contributed by atoms with Gasteiger partial charge in [-0.15, -0.1) is 0 Å². The van der Waals surface area contributed by atoms with Crippen molar-refractivity contribution in [2.75, 3.05) is 7.11 Å². The van der Waals surface area contributed by atoms with Crippen LogP contribution in [0.15, 0.2) is 30.3 Å². The molecule has 0 fully saturated rings. The molecule has 0 saturated carbocycles. The summed E-state index contributed by atoms with van der Waals surface area (Å²) in [6.07, 6.45) is -0.839. The molecule has 0 amide bonds. The third-order valence-corrected chi connectivity index (χ3v) is 3.54. The lowest BCUT2D eigenvalue weighted by molar-refractivity contribution is 0.218. The van der Waals surface area contributed by atoms with E-state index in [4.69, 9.17) is 4.74 Å². The minimum Gasteiger partial charge on any atom is -0.496 e. The molecule has 0 radical (unpaired) electrons. The van der Waals surface area contributed by atoms with Crippen LogP contribution >= 0.6 is 0 Å². The first-order valence-corrected chi connectivity index (χ1v) is 6.53. The van der Waals surface area contributed by atoms with Crippen LogP contribution in [0.2, 0.25) is 0 Å². The quantitative estimate of drug-likeness (QED) is 0.921. The van der Waals surface area contributed by atoms with Crippen molar-refractivity contribution in [2.24, 2.45) is 0 Å². The van der Waals surface area contributed by atoms with Gasteiger partial charge in [-0.1, -0.05) is 6.07 Å². The smallest absolute Gasteiger partial charge is 0.124 e. The van der Waals surface area contributed by atoms with Crippen LogP contribution in [0.4, 0.5) is 4.39 Å². The molecule has 0 aromatic heterocycles. The molecule has 0 aliphatic rings. The Kier molecular flexibility index (Phi) is 4.09. The number of aliphatic hydroxyl groups excluding tert-OH is 1. The molecule has 2 aromatic rings. The molecule has 2 nitrogen and oxygen atoms in total. The summed E-state index contributed by atoms with van der Waals surface area (Å²) in [5.74, 6) is 0.475. The van der Waals surface area contributed by atoms with Crippen molar-refractivity contribution in [1.29, 1.82) is 0 Å². The van der Waals surface area contributed by atoms with Gasteiger partial charge in [0.25, 0.3) is 0 Å². The molecule has 106 valence electrons. The maximum Gasteiger partial charge on any atom is 0.124 e. The predicted octanol–water partition coefficient (Wildman–Crippen LogP) is 3.84. The fraction of sp³-hybridized carbons (Fsp3) is 0.294. The van der Waals surface area contributed by atoms with Crippen molar-refractivity contribution in [2.45, 2.75) is 26.9 Å². The van der Waals surface area contributed by atoms with E-state index < -0.39 is 6.10 Å². The molecule has 0 heterocycles. The Morgan fingerprint density at radius 1 is 1.00 bits per heavy atom. The highest BCUT2D eigenvalue weighted by atomic mass is 19.1. The Labute approximate surface area is 118 Å². The Bertz CT molecular complexity index is 612. The van der Waals surface area contributed by atoms with Crippen molar-refractivity contribution in [1.82, 2.24) is 0 Å². The van der Waals surface area contributed by atoms with Crippen LogP contribution in [0, 0.1) is 26.6 Å². The minimum absolute atomic E-state index is 0.341. The van der Waals surface area contributed by atoms with Gasteiger partial charge in [-0.3, -0.25) is 0 Å². The van der Waals surface area contributed by atoms with Gasteiger partial charge in [0, 0.05) is 0 Å². The summed E-state index contributed by atoms with van der Waals surface area (Å²) in [5, 5.41) is 10.5. The van der Waals surface area contributed by atoms with E-state index in [1.165, 1.54) is 12.1 Å². The normalized spacial score (nSPS) is 12.3. The molecule has 0 saturated heterocycles. The third kappa shape index (κ3) is 2.68. The zero-order valence-electron chi connectivity index (χ0n) is 12.2. The number of benzene rings is 2. The standard InChI is InChI=1S/C17H19FO2/c1-10-5-6-14(18)9-15(10)16(19)13-7-11(2)17(20-4)12(3)8-13/h5-9,16,19H,1-4H3. The first kappa shape index (κ1) is 14.5. The molecule has 0 bridgehead atoms. The van der Waals surface area contributed by atoms with E-state index in [1.807, 2.05) is 32.9 Å². The minimum atomic E-state index is -0.839. The molecule has 0 aliphatic carbocycles. The van der Waals surface area contributed by atoms with E-state index in [1.54, 1.807) is 13.2 Å². The van der Waals surface area contributed by atoms with E-state index >= 15 is 0 Å². The zero-order chi connectivity index (χ0) is 14.9. The summed E-state index contributed by atoms with van der Waals surface area (Å²) in [6.45, 7) is 5.72. The lowest BCUT2D eigenvalue weighted by Crippen LogP contribution is -2.04. The molecule has 2 aromatic carbocycles. The van der Waals surface area contributed by atoms with E-state index in [0.29, 0.717) is 5.56 Å². The van der Waals surface area contributed by atoms with Crippen LogP contribution in [0.3, 0.4) is 0 Å². The Balaban J connectivity index is 2.48. The molecule has 0 spiro atoms. The van der Waals surface area contributed by atoms with Crippen LogP contribution in [0.1, 0.15) is 33.9 Å². The molecule has 1 N–H and O–H groups in total. The van der Waals surface area contributed by atoms with E-state index in [9.17, 15) is 9.50 Å². The van der Waals surface area contributed by atoms with Crippen LogP contribution in [-0.2, 0) is 0 Å². The molecule has 1 unspecified atom stereocenters. The summed E-state index contributed by atoms with van der Waals surface area (Å²) in [5.41, 5.74) is 4.11.